The Hall–Kier alpha value is -1.75. The molecule has 0 spiro atoms. The van der Waals surface area contributed by atoms with Gasteiger partial charge in [0.05, 0.1) is 0 Å². The summed E-state index contributed by atoms with van der Waals surface area (Å²) >= 11 is 0. The van der Waals surface area contributed by atoms with Gasteiger partial charge in [-0.1, -0.05) is 24.1 Å². The molecule has 1 fully saturated rings. The maximum absolute atomic E-state index is 11.8. The first-order chi connectivity index (χ1) is 11.6. The summed E-state index contributed by atoms with van der Waals surface area (Å²) in [4.78, 5) is 14.3. The number of amides is 2. The molecule has 3 N–H and O–H groups in total. The number of anilines is 1. The molecular weight excluding hydrogens is 300 g/mol. The van der Waals surface area contributed by atoms with Crippen LogP contribution in [0.1, 0.15) is 36.8 Å². The number of benzene rings is 1. The summed E-state index contributed by atoms with van der Waals surface area (Å²) in [6.45, 7) is 9.80. The average molecular weight is 332 g/mol. The molecule has 1 heterocycles. The number of nitrogens with zero attached hydrogens (tertiary/aromatic N) is 1. The Morgan fingerprint density at radius 1 is 1.04 bits per heavy atom. The number of urea groups is 1. The van der Waals surface area contributed by atoms with Crippen molar-refractivity contribution in [2.45, 2.75) is 39.5 Å². The zero-order valence-electron chi connectivity index (χ0n) is 15.2. The lowest BCUT2D eigenvalue weighted by atomic mass is 10.1. The van der Waals surface area contributed by atoms with Crippen LogP contribution < -0.4 is 16.0 Å². The van der Waals surface area contributed by atoms with Gasteiger partial charge in [0.15, 0.2) is 0 Å². The molecule has 2 amide bonds. The third kappa shape index (κ3) is 6.79. The van der Waals surface area contributed by atoms with Crippen molar-refractivity contribution in [2.24, 2.45) is 0 Å². The van der Waals surface area contributed by atoms with Crippen LogP contribution in [0.4, 0.5) is 10.5 Å². The molecule has 1 aromatic rings. The van der Waals surface area contributed by atoms with Crippen molar-refractivity contribution in [3.63, 3.8) is 0 Å². The van der Waals surface area contributed by atoms with Crippen molar-refractivity contribution >= 4 is 11.7 Å². The summed E-state index contributed by atoms with van der Waals surface area (Å²) in [6, 6.07) is 6.27. The van der Waals surface area contributed by atoms with Crippen LogP contribution in [0, 0.1) is 13.8 Å². The monoisotopic (exact) mass is 332 g/mol. The van der Waals surface area contributed by atoms with Crippen molar-refractivity contribution in [1.82, 2.24) is 15.5 Å². The number of likely N-dealkylation sites (tertiary alicyclic amines) is 1. The Balaban J connectivity index is 1.50. The molecule has 24 heavy (non-hydrogen) atoms. The summed E-state index contributed by atoms with van der Waals surface area (Å²) in [7, 11) is 0. The number of nitrogens with one attached hydrogen (secondary N) is 3. The molecule has 0 aromatic heterocycles. The SMILES string of the molecule is Cc1ccc(NCCNC(=O)NCCCN2CCCCC2)c(C)c1. The summed E-state index contributed by atoms with van der Waals surface area (Å²) in [5.74, 6) is 0. The van der Waals surface area contributed by atoms with Gasteiger partial charge in [0.25, 0.3) is 0 Å². The van der Waals surface area contributed by atoms with Crippen LogP contribution in [-0.4, -0.2) is 50.2 Å². The van der Waals surface area contributed by atoms with Crippen molar-refractivity contribution < 1.29 is 4.79 Å². The van der Waals surface area contributed by atoms with Crippen LogP contribution in [0.15, 0.2) is 18.2 Å². The quantitative estimate of drug-likeness (QED) is 0.642. The van der Waals surface area contributed by atoms with E-state index in [9.17, 15) is 4.79 Å². The van der Waals surface area contributed by atoms with E-state index in [4.69, 9.17) is 0 Å². The van der Waals surface area contributed by atoms with E-state index in [-0.39, 0.29) is 6.03 Å². The van der Waals surface area contributed by atoms with Crippen molar-refractivity contribution in [3.8, 4) is 0 Å². The number of carbonyl (C=O) groups is 1. The van der Waals surface area contributed by atoms with E-state index in [1.165, 1.54) is 43.5 Å². The van der Waals surface area contributed by atoms with Gasteiger partial charge >= 0.3 is 6.03 Å². The zero-order chi connectivity index (χ0) is 17.2. The van der Waals surface area contributed by atoms with Gasteiger partial charge in [-0.15, -0.1) is 0 Å². The molecule has 0 atom stereocenters. The average Bonchev–Trinajstić information content (AvgIpc) is 2.58. The second-order valence-corrected chi connectivity index (χ2v) is 6.68. The fourth-order valence-electron chi connectivity index (χ4n) is 3.14. The number of aryl methyl sites for hydroxylation is 2. The van der Waals surface area contributed by atoms with E-state index in [1.807, 2.05) is 0 Å². The molecule has 5 nitrogen and oxygen atoms in total. The molecule has 5 heteroatoms. The zero-order valence-corrected chi connectivity index (χ0v) is 15.2. The largest absolute Gasteiger partial charge is 0.383 e. The van der Waals surface area contributed by atoms with Crippen LogP contribution in [0.25, 0.3) is 0 Å². The Kier molecular flexibility index (Phi) is 7.89. The molecule has 1 aromatic carbocycles. The van der Waals surface area contributed by atoms with E-state index < -0.39 is 0 Å². The minimum atomic E-state index is -0.0731. The number of hydrogen-bond donors (Lipinski definition) is 3. The molecule has 1 saturated heterocycles. The molecular formula is C19H32N4O. The highest BCUT2D eigenvalue weighted by atomic mass is 16.2. The third-order valence-electron chi connectivity index (χ3n) is 4.49. The Morgan fingerprint density at radius 2 is 1.79 bits per heavy atom. The lowest BCUT2D eigenvalue weighted by molar-refractivity contribution is 0.222. The Bertz CT molecular complexity index is 512. The van der Waals surface area contributed by atoms with Gasteiger partial charge in [-0.3, -0.25) is 0 Å². The maximum atomic E-state index is 11.8. The highest BCUT2D eigenvalue weighted by Gasteiger charge is 2.09. The van der Waals surface area contributed by atoms with E-state index in [2.05, 4.69) is 52.9 Å². The first-order valence-corrected chi connectivity index (χ1v) is 9.20. The molecule has 134 valence electrons. The molecule has 0 saturated carbocycles. The summed E-state index contributed by atoms with van der Waals surface area (Å²) in [5, 5.41) is 9.19. The fourth-order valence-corrected chi connectivity index (χ4v) is 3.14. The molecule has 0 radical (unpaired) electrons. The standard InChI is InChI=1S/C19H32N4O/c1-16-7-8-18(17(2)15-16)20-10-11-22-19(24)21-9-6-14-23-12-4-3-5-13-23/h7-8,15,20H,3-6,9-14H2,1-2H3,(H2,21,22,24). The van der Waals surface area contributed by atoms with Gasteiger partial charge in [0.2, 0.25) is 0 Å². The van der Waals surface area contributed by atoms with Gasteiger partial charge in [-0.05, 0) is 64.4 Å². The second-order valence-electron chi connectivity index (χ2n) is 6.68. The maximum Gasteiger partial charge on any atom is 0.314 e. The first-order valence-electron chi connectivity index (χ1n) is 9.20. The van der Waals surface area contributed by atoms with Crippen molar-refractivity contribution in [3.05, 3.63) is 29.3 Å². The predicted octanol–water partition coefficient (Wildman–Crippen LogP) is 2.89. The lowest BCUT2D eigenvalue weighted by Crippen LogP contribution is -2.39. The van der Waals surface area contributed by atoms with Crippen molar-refractivity contribution in [1.29, 1.82) is 0 Å². The Labute approximate surface area is 146 Å². The van der Waals surface area contributed by atoms with Gasteiger partial charge in [-0.2, -0.15) is 0 Å². The van der Waals surface area contributed by atoms with Gasteiger partial charge in [-0.25, -0.2) is 4.79 Å². The minimum absolute atomic E-state index is 0.0731. The normalized spacial score (nSPS) is 15.1. The molecule has 1 aliphatic heterocycles. The van der Waals surface area contributed by atoms with Crippen LogP contribution in [0.2, 0.25) is 0 Å². The summed E-state index contributed by atoms with van der Waals surface area (Å²) in [5.41, 5.74) is 3.63. The fraction of sp³-hybridized carbons (Fsp3) is 0.632. The number of carbonyl (C=O) groups excluding carboxylic acids is 1. The molecule has 0 unspecified atom stereocenters. The number of hydrogen-bond acceptors (Lipinski definition) is 3. The minimum Gasteiger partial charge on any atom is -0.383 e. The van der Waals surface area contributed by atoms with Crippen LogP contribution in [0.3, 0.4) is 0 Å². The molecule has 1 aliphatic rings. The predicted molar refractivity (Wildman–Crippen MR) is 101 cm³/mol. The molecule has 0 bridgehead atoms. The van der Waals surface area contributed by atoms with E-state index in [1.54, 1.807) is 0 Å². The topological polar surface area (TPSA) is 56.4 Å². The van der Waals surface area contributed by atoms with E-state index in [0.717, 1.165) is 31.7 Å². The van der Waals surface area contributed by atoms with Crippen LogP contribution in [0.5, 0.6) is 0 Å². The summed E-state index contributed by atoms with van der Waals surface area (Å²) < 4.78 is 0. The first kappa shape index (κ1) is 18.6. The third-order valence-corrected chi connectivity index (χ3v) is 4.49. The van der Waals surface area contributed by atoms with Gasteiger partial charge in [0, 0.05) is 25.3 Å². The van der Waals surface area contributed by atoms with Crippen LogP contribution in [-0.2, 0) is 0 Å². The Morgan fingerprint density at radius 3 is 2.54 bits per heavy atom. The van der Waals surface area contributed by atoms with E-state index >= 15 is 0 Å². The lowest BCUT2D eigenvalue weighted by Gasteiger charge is -2.26. The highest BCUT2D eigenvalue weighted by molar-refractivity contribution is 5.73. The van der Waals surface area contributed by atoms with Gasteiger partial charge in [0.1, 0.15) is 0 Å². The van der Waals surface area contributed by atoms with Crippen LogP contribution >= 0.6 is 0 Å². The molecule has 2 rings (SSSR count). The highest BCUT2D eigenvalue weighted by Crippen LogP contribution is 2.15. The summed E-state index contributed by atoms with van der Waals surface area (Å²) in [6.07, 6.45) is 5.03. The van der Waals surface area contributed by atoms with Crippen molar-refractivity contribution in [2.75, 3.05) is 44.6 Å². The number of rotatable bonds is 8. The smallest absolute Gasteiger partial charge is 0.314 e. The second kappa shape index (κ2) is 10.2. The number of piperidine rings is 1. The molecule has 0 aliphatic carbocycles. The van der Waals surface area contributed by atoms with E-state index in [0.29, 0.717) is 6.54 Å². The van der Waals surface area contributed by atoms with Gasteiger partial charge < -0.3 is 20.9 Å².